The van der Waals surface area contributed by atoms with Crippen LogP contribution in [0.25, 0.3) is 0 Å². The molecule has 3 atom stereocenters. The molecule has 1 aromatic heterocycles. The van der Waals surface area contributed by atoms with Crippen LogP contribution in [0, 0.1) is 5.41 Å². The van der Waals surface area contributed by atoms with Gasteiger partial charge in [0.1, 0.15) is 6.10 Å². The Morgan fingerprint density at radius 2 is 2.20 bits per heavy atom. The normalized spacial score (nSPS) is 25.1. The lowest BCUT2D eigenvalue weighted by Crippen LogP contribution is -2.23. The second kappa shape index (κ2) is 6.20. The fraction of sp³-hybridized carbons (Fsp3) is 0.857. The molecule has 0 saturated carbocycles. The first kappa shape index (κ1) is 15.4. The number of methoxy groups -OCH3 is 1. The first-order valence-electron chi connectivity index (χ1n) is 7.17. The summed E-state index contributed by atoms with van der Waals surface area (Å²) in [5.74, 6) is 1.24. The van der Waals surface area contributed by atoms with E-state index >= 15 is 0 Å². The number of rotatable bonds is 5. The van der Waals surface area contributed by atoms with Gasteiger partial charge in [0.25, 0.3) is 0 Å². The molecule has 1 N–H and O–H groups in total. The zero-order valence-electron chi connectivity index (χ0n) is 13.0. The third-order valence-electron chi connectivity index (χ3n) is 3.53. The van der Waals surface area contributed by atoms with E-state index in [0.29, 0.717) is 18.3 Å². The Balaban J connectivity index is 2.11. The second-order valence-corrected chi connectivity index (χ2v) is 6.25. The molecular weight excluding hydrogens is 258 g/mol. The minimum atomic E-state index is -0.162. The van der Waals surface area contributed by atoms with Crippen LogP contribution >= 0.6 is 0 Å². The summed E-state index contributed by atoms with van der Waals surface area (Å²) in [7, 11) is 1.72. The van der Waals surface area contributed by atoms with E-state index in [1.165, 1.54) is 0 Å². The molecule has 0 amide bonds. The largest absolute Gasteiger partial charge is 0.380 e. The van der Waals surface area contributed by atoms with Gasteiger partial charge in [0.05, 0.1) is 12.1 Å². The number of nitrogens with zero attached hydrogens (tertiary/aromatic N) is 2. The van der Waals surface area contributed by atoms with Crippen LogP contribution in [0.4, 0.5) is 0 Å². The minimum Gasteiger partial charge on any atom is -0.380 e. The Kier molecular flexibility index (Phi) is 4.78. The molecule has 1 unspecified atom stereocenters. The molecule has 114 valence electrons. The molecule has 2 heterocycles. The number of ether oxygens (including phenoxy) is 2. The van der Waals surface area contributed by atoms with Crippen LogP contribution in [0.3, 0.4) is 0 Å². The summed E-state index contributed by atoms with van der Waals surface area (Å²) in [6, 6.07) is 0.0726. The van der Waals surface area contributed by atoms with Gasteiger partial charge in [-0.25, -0.2) is 0 Å². The van der Waals surface area contributed by atoms with Crippen molar-refractivity contribution in [2.24, 2.45) is 5.41 Å². The van der Waals surface area contributed by atoms with E-state index in [1.807, 2.05) is 6.92 Å². The summed E-state index contributed by atoms with van der Waals surface area (Å²) in [5, 5.41) is 7.44. The van der Waals surface area contributed by atoms with E-state index in [0.717, 1.165) is 13.0 Å². The Bertz CT molecular complexity index is 428. The average molecular weight is 283 g/mol. The third-order valence-corrected chi connectivity index (χ3v) is 3.53. The quantitative estimate of drug-likeness (QED) is 0.893. The van der Waals surface area contributed by atoms with E-state index in [-0.39, 0.29) is 23.7 Å². The maximum atomic E-state index is 5.78. The highest BCUT2D eigenvalue weighted by atomic mass is 16.5. The highest BCUT2D eigenvalue weighted by molar-refractivity contribution is 5.01. The first-order chi connectivity index (χ1) is 9.45. The SMILES string of the molecule is CCOC(c1noc([C@H]2C[C@H](OC)CN2)n1)C(C)(C)C. The molecule has 20 heavy (non-hydrogen) atoms. The standard InChI is InChI=1S/C14H25N3O3/c1-6-19-11(14(2,3)4)12-16-13(20-17-12)10-7-9(18-5)8-15-10/h9-11,15H,6-8H2,1-5H3/t9-,10+,11?/m0/s1. The average Bonchev–Trinajstić information content (AvgIpc) is 3.02. The van der Waals surface area contributed by atoms with Crippen LogP contribution in [0.2, 0.25) is 0 Å². The molecule has 0 spiro atoms. The lowest BCUT2D eigenvalue weighted by molar-refractivity contribution is -0.0203. The number of nitrogens with one attached hydrogen (secondary N) is 1. The van der Waals surface area contributed by atoms with Gasteiger partial charge in [0.15, 0.2) is 0 Å². The van der Waals surface area contributed by atoms with Crippen LogP contribution < -0.4 is 5.32 Å². The van der Waals surface area contributed by atoms with Gasteiger partial charge < -0.3 is 19.3 Å². The third kappa shape index (κ3) is 3.37. The number of aromatic nitrogens is 2. The first-order valence-corrected chi connectivity index (χ1v) is 7.17. The van der Waals surface area contributed by atoms with Crippen molar-refractivity contribution in [2.75, 3.05) is 20.3 Å². The Labute approximate surface area is 120 Å². The maximum absolute atomic E-state index is 5.78. The molecule has 0 aromatic carbocycles. The number of hydrogen-bond acceptors (Lipinski definition) is 6. The Morgan fingerprint density at radius 3 is 2.75 bits per heavy atom. The van der Waals surface area contributed by atoms with Gasteiger partial charge in [-0.2, -0.15) is 4.98 Å². The summed E-state index contributed by atoms with van der Waals surface area (Å²) >= 11 is 0. The lowest BCUT2D eigenvalue weighted by atomic mass is 9.88. The molecule has 6 heteroatoms. The predicted octanol–water partition coefficient (Wildman–Crippen LogP) is 2.24. The zero-order valence-corrected chi connectivity index (χ0v) is 13.0. The summed E-state index contributed by atoms with van der Waals surface area (Å²) in [5.41, 5.74) is -0.0741. The smallest absolute Gasteiger partial charge is 0.243 e. The van der Waals surface area contributed by atoms with Gasteiger partial charge in [-0.3, -0.25) is 0 Å². The van der Waals surface area contributed by atoms with Crippen LogP contribution in [0.5, 0.6) is 0 Å². The van der Waals surface area contributed by atoms with Crippen molar-refractivity contribution in [3.05, 3.63) is 11.7 Å². The van der Waals surface area contributed by atoms with E-state index < -0.39 is 0 Å². The van der Waals surface area contributed by atoms with Crippen LogP contribution in [0.1, 0.15) is 58.0 Å². The van der Waals surface area contributed by atoms with Gasteiger partial charge in [0.2, 0.25) is 11.7 Å². The van der Waals surface area contributed by atoms with Gasteiger partial charge in [-0.05, 0) is 18.8 Å². The molecule has 0 radical (unpaired) electrons. The van der Waals surface area contributed by atoms with Crippen molar-refractivity contribution < 1.29 is 14.0 Å². The van der Waals surface area contributed by atoms with Crippen LogP contribution in [0.15, 0.2) is 4.52 Å². The molecule has 1 aliphatic rings. The van der Waals surface area contributed by atoms with Gasteiger partial charge in [-0.15, -0.1) is 0 Å². The summed E-state index contributed by atoms with van der Waals surface area (Å²) in [6.07, 6.45) is 0.901. The predicted molar refractivity (Wildman–Crippen MR) is 74.3 cm³/mol. The van der Waals surface area contributed by atoms with Crippen molar-refractivity contribution in [1.29, 1.82) is 0 Å². The van der Waals surface area contributed by atoms with E-state index in [9.17, 15) is 0 Å². The minimum absolute atomic E-state index is 0.0726. The molecule has 6 nitrogen and oxygen atoms in total. The molecule has 2 rings (SSSR count). The second-order valence-electron chi connectivity index (χ2n) is 6.25. The lowest BCUT2D eigenvalue weighted by Gasteiger charge is -2.27. The van der Waals surface area contributed by atoms with E-state index in [2.05, 4.69) is 36.2 Å². The highest BCUT2D eigenvalue weighted by Crippen LogP contribution is 2.35. The maximum Gasteiger partial charge on any atom is 0.243 e. The topological polar surface area (TPSA) is 69.4 Å². The molecule has 1 saturated heterocycles. The Morgan fingerprint density at radius 1 is 1.45 bits per heavy atom. The molecule has 0 bridgehead atoms. The van der Waals surface area contributed by atoms with E-state index in [4.69, 9.17) is 14.0 Å². The fourth-order valence-corrected chi connectivity index (χ4v) is 2.44. The van der Waals surface area contributed by atoms with Crippen molar-refractivity contribution in [1.82, 2.24) is 15.5 Å². The summed E-state index contributed by atoms with van der Waals surface area (Å²) in [6.45, 7) is 9.74. The zero-order chi connectivity index (χ0) is 14.8. The van der Waals surface area contributed by atoms with Crippen molar-refractivity contribution in [2.45, 2.75) is 52.4 Å². The van der Waals surface area contributed by atoms with Crippen LogP contribution in [-0.2, 0) is 9.47 Å². The van der Waals surface area contributed by atoms with Gasteiger partial charge >= 0.3 is 0 Å². The highest BCUT2D eigenvalue weighted by Gasteiger charge is 2.34. The van der Waals surface area contributed by atoms with Gasteiger partial charge in [0, 0.05) is 20.3 Å². The monoisotopic (exact) mass is 283 g/mol. The van der Waals surface area contributed by atoms with Crippen LogP contribution in [-0.4, -0.2) is 36.5 Å². The fourth-order valence-electron chi connectivity index (χ4n) is 2.44. The number of hydrogen-bond donors (Lipinski definition) is 1. The van der Waals surface area contributed by atoms with Gasteiger partial charge in [-0.1, -0.05) is 25.9 Å². The molecular formula is C14H25N3O3. The Hall–Kier alpha value is -0.980. The van der Waals surface area contributed by atoms with Crippen molar-refractivity contribution in [3.63, 3.8) is 0 Å². The summed E-state index contributed by atoms with van der Waals surface area (Å²) in [4.78, 5) is 4.53. The molecule has 1 fully saturated rings. The molecule has 0 aliphatic carbocycles. The summed E-state index contributed by atoms with van der Waals surface area (Å²) < 4.78 is 16.5. The molecule has 1 aromatic rings. The van der Waals surface area contributed by atoms with Crippen molar-refractivity contribution in [3.8, 4) is 0 Å². The van der Waals surface area contributed by atoms with E-state index in [1.54, 1.807) is 7.11 Å². The molecule has 1 aliphatic heterocycles. The van der Waals surface area contributed by atoms with Crippen molar-refractivity contribution >= 4 is 0 Å².